The lowest BCUT2D eigenvalue weighted by Gasteiger charge is -1.96. The van der Waals surface area contributed by atoms with Crippen molar-refractivity contribution in [1.82, 2.24) is 9.97 Å². The van der Waals surface area contributed by atoms with Crippen LogP contribution in [0.2, 0.25) is 0 Å². The largest absolute Gasteiger partial charge is 0.404 e. The molecule has 2 heterocycles. The van der Waals surface area contributed by atoms with Gasteiger partial charge in [-0.15, -0.1) is 0 Å². The summed E-state index contributed by atoms with van der Waals surface area (Å²) in [6.07, 6.45) is 6.87. The topological polar surface area (TPSA) is 56.0 Å². The lowest BCUT2D eigenvalue weighted by molar-refractivity contribution is 0.491. The van der Waals surface area contributed by atoms with E-state index in [2.05, 4.69) is 9.97 Å². The van der Waals surface area contributed by atoms with Crippen LogP contribution in [0.5, 0.6) is 0 Å². The number of pyridine rings is 1. The molecule has 3 rings (SSSR count). The first-order valence-electron chi connectivity index (χ1n) is 5.81. The molecule has 0 unspecified atom stereocenters. The van der Waals surface area contributed by atoms with Gasteiger partial charge in [0.15, 0.2) is 0 Å². The fourth-order valence-electron chi connectivity index (χ4n) is 1.75. The van der Waals surface area contributed by atoms with Crippen LogP contribution in [0.3, 0.4) is 0 Å². The van der Waals surface area contributed by atoms with Gasteiger partial charge in [0.2, 0.25) is 5.89 Å². The van der Waals surface area contributed by atoms with E-state index in [0.717, 1.165) is 5.56 Å². The van der Waals surface area contributed by atoms with Crippen molar-refractivity contribution in [3.8, 4) is 0 Å². The van der Waals surface area contributed by atoms with Gasteiger partial charge in [-0.25, -0.2) is 9.78 Å². The van der Waals surface area contributed by atoms with Crippen molar-refractivity contribution in [2.24, 2.45) is 0 Å². The maximum Gasteiger partial charge on any atom is 0.347 e. The summed E-state index contributed by atoms with van der Waals surface area (Å²) in [5, 5.41) is 0.487. The third-order valence-corrected chi connectivity index (χ3v) is 2.65. The SMILES string of the molecule is O=c1oc(C=Cc2cccnc2)nc2ccccc12. The molecule has 0 fully saturated rings. The highest BCUT2D eigenvalue weighted by molar-refractivity contribution is 5.78. The van der Waals surface area contributed by atoms with Crippen LogP contribution in [0.4, 0.5) is 0 Å². The fraction of sp³-hybridized carbons (Fsp3) is 0. The van der Waals surface area contributed by atoms with Crippen LogP contribution in [0.25, 0.3) is 23.1 Å². The van der Waals surface area contributed by atoms with Gasteiger partial charge < -0.3 is 4.42 Å². The van der Waals surface area contributed by atoms with E-state index in [0.29, 0.717) is 10.9 Å². The van der Waals surface area contributed by atoms with Gasteiger partial charge >= 0.3 is 5.63 Å². The van der Waals surface area contributed by atoms with Gasteiger partial charge in [0, 0.05) is 18.5 Å². The van der Waals surface area contributed by atoms with E-state index in [9.17, 15) is 4.79 Å². The Morgan fingerprint density at radius 2 is 1.95 bits per heavy atom. The van der Waals surface area contributed by atoms with Crippen molar-refractivity contribution in [3.63, 3.8) is 0 Å². The maximum atomic E-state index is 11.8. The highest BCUT2D eigenvalue weighted by atomic mass is 16.4. The average Bonchev–Trinajstić information content (AvgIpc) is 2.46. The van der Waals surface area contributed by atoms with Crippen molar-refractivity contribution in [2.45, 2.75) is 0 Å². The summed E-state index contributed by atoms with van der Waals surface area (Å²) in [6.45, 7) is 0. The Morgan fingerprint density at radius 3 is 2.79 bits per heavy atom. The molecular weight excluding hydrogens is 240 g/mol. The van der Waals surface area contributed by atoms with E-state index in [-0.39, 0.29) is 11.5 Å². The van der Waals surface area contributed by atoms with Crippen LogP contribution in [0.1, 0.15) is 11.5 Å². The number of hydrogen-bond donors (Lipinski definition) is 0. The predicted octanol–water partition coefficient (Wildman–Crippen LogP) is 2.75. The Labute approximate surface area is 109 Å². The average molecular weight is 250 g/mol. The van der Waals surface area contributed by atoms with Crippen LogP contribution in [-0.2, 0) is 0 Å². The zero-order valence-corrected chi connectivity index (χ0v) is 9.98. The maximum absolute atomic E-state index is 11.8. The molecule has 92 valence electrons. The molecule has 0 N–H and O–H groups in total. The summed E-state index contributed by atoms with van der Waals surface area (Å²) in [6, 6.07) is 10.8. The molecule has 0 aliphatic rings. The molecule has 0 saturated carbocycles. The summed E-state index contributed by atoms with van der Waals surface area (Å²) in [7, 11) is 0. The minimum absolute atomic E-state index is 0.285. The molecule has 0 aliphatic carbocycles. The summed E-state index contributed by atoms with van der Waals surface area (Å²) in [5.74, 6) is 0.285. The lowest BCUT2D eigenvalue weighted by atomic mass is 10.2. The fourth-order valence-corrected chi connectivity index (χ4v) is 1.75. The minimum Gasteiger partial charge on any atom is -0.404 e. The van der Waals surface area contributed by atoms with Gasteiger partial charge in [0.05, 0.1) is 10.9 Å². The van der Waals surface area contributed by atoms with Crippen LogP contribution in [-0.4, -0.2) is 9.97 Å². The number of hydrogen-bond acceptors (Lipinski definition) is 4. The molecule has 0 saturated heterocycles. The standard InChI is InChI=1S/C15H10N2O2/c18-15-12-5-1-2-6-13(12)17-14(19-15)8-7-11-4-3-9-16-10-11/h1-10H. The normalized spacial score (nSPS) is 11.2. The van der Waals surface area contributed by atoms with Gasteiger partial charge in [-0.05, 0) is 29.8 Å². The molecule has 0 aliphatic heterocycles. The number of para-hydroxylation sites is 1. The van der Waals surface area contributed by atoms with Gasteiger partial charge in [-0.3, -0.25) is 4.98 Å². The third kappa shape index (κ3) is 2.42. The molecule has 0 atom stereocenters. The van der Waals surface area contributed by atoms with E-state index in [4.69, 9.17) is 4.42 Å². The van der Waals surface area contributed by atoms with E-state index in [1.165, 1.54) is 0 Å². The van der Waals surface area contributed by atoms with E-state index in [1.807, 2.05) is 18.2 Å². The van der Waals surface area contributed by atoms with Crippen LogP contribution < -0.4 is 5.63 Å². The molecule has 0 spiro atoms. The number of nitrogens with zero attached hydrogens (tertiary/aromatic N) is 2. The number of rotatable bonds is 2. The molecule has 0 radical (unpaired) electrons. The van der Waals surface area contributed by atoms with Crippen molar-refractivity contribution in [2.75, 3.05) is 0 Å². The van der Waals surface area contributed by atoms with E-state index >= 15 is 0 Å². The third-order valence-electron chi connectivity index (χ3n) is 2.65. The number of benzene rings is 1. The minimum atomic E-state index is -0.378. The smallest absolute Gasteiger partial charge is 0.347 e. The van der Waals surface area contributed by atoms with Crippen molar-refractivity contribution in [3.05, 3.63) is 70.7 Å². The van der Waals surface area contributed by atoms with E-state index < -0.39 is 0 Å². The zero-order valence-electron chi connectivity index (χ0n) is 9.98. The first-order chi connectivity index (χ1) is 9.33. The first kappa shape index (κ1) is 11.3. The Morgan fingerprint density at radius 1 is 1.05 bits per heavy atom. The summed E-state index contributed by atoms with van der Waals surface area (Å²) in [4.78, 5) is 20.0. The molecule has 1 aromatic carbocycles. The van der Waals surface area contributed by atoms with Gasteiger partial charge in [-0.2, -0.15) is 0 Å². The molecule has 2 aromatic heterocycles. The molecule has 0 amide bonds. The number of aromatic nitrogens is 2. The highest BCUT2D eigenvalue weighted by Gasteiger charge is 2.02. The van der Waals surface area contributed by atoms with Crippen LogP contribution >= 0.6 is 0 Å². The highest BCUT2D eigenvalue weighted by Crippen LogP contribution is 2.09. The van der Waals surface area contributed by atoms with Gasteiger partial charge in [0.25, 0.3) is 0 Å². The Balaban J connectivity index is 2.02. The van der Waals surface area contributed by atoms with Crippen LogP contribution in [0.15, 0.2) is 58.0 Å². The zero-order chi connectivity index (χ0) is 13.1. The second kappa shape index (κ2) is 4.86. The Bertz CT molecular complexity index is 792. The van der Waals surface area contributed by atoms with Crippen LogP contribution in [0, 0.1) is 0 Å². The van der Waals surface area contributed by atoms with Crippen molar-refractivity contribution < 1.29 is 4.42 Å². The summed E-state index contributed by atoms with van der Waals surface area (Å²) < 4.78 is 5.14. The summed E-state index contributed by atoms with van der Waals surface area (Å²) >= 11 is 0. The lowest BCUT2D eigenvalue weighted by Crippen LogP contribution is -2.02. The second-order valence-electron chi connectivity index (χ2n) is 3.98. The Hall–Kier alpha value is -2.75. The Kier molecular flexibility index (Phi) is 2.90. The van der Waals surface area contributed by atoms with Gasteiger partial charge in [0.1, 0.15) is 0 Å². The molecule has 4 heteroatoms. The molecule has 4 nitrogen and oxygen atoms in total. The summed E-state index contributed by atoms with van der Waals surface area (Å²) in [5.41, 5.74) is 1.17. The molecule has 19 heavy (non-hydrogen) atoms. The number of fused-ring (bicyclic) bond motifs is 1. The monoisotopic (exact) mass is 250 g/mol. The van der Waals surface area contributed by atoms with Gasteiger partial charge in [-0.1, -0.05) is 18.2 Å². The molecular formula is C15H10N2O2. The molecule has 0 bridgehead atoms. The van der Waals surface area contributed by atoms with Crippen molar-refractivity contribution in [1.29, 1.82) is 0 Å². The molecule has 3 aromatic rings. The predicted molar refractivity (Wildman–Crippen MR) is 73.4 cm³/mol. The first-order valence-corrected chi connectivity index (χ1v) is 5.81. The van der Waals surface area contributed by atoms with E-state index in [1.54, 1.807) is 42.7 Å². The second-order valence-corrected chi connectivity index (χ2v) is 3.98. The van der Waals surface area contributed by atoms with Crippen molar-refractivity contribution >= 4 is 23.1 Å². The quantitative estimate of drug-likeness (QED) is 0.701.